The van der Waals surface area contributed by atoms with Crippen LogP contribution < -0.4 is 0 Å². The second kappa shape index (κ2) is 4.30. The quantitative estimate of drug-likeness (QED) is 0.625. The fraction of sp³-hybridized carbons (Fsp3) is 0.125. The summed E-state index contributed by atoms with van der Waals surface area (Å²) in [4.78, 5) is 0. The lowest BCUT2D eigenvalue weighted by Gasteiger charge is -2.15. The van der Waals surface area contributed by atoms with Crippen molar-refractivity contribution in [3.63, 3.8) is 0 Å². The van der Waals surface area contributed by atoms with Crippen molar-refractivity contribution in [3.05, 3.63) is 72.2 Å². The maximum atomic E-state index is 13.3. The first-order valence-corrected chi connectivity index (χ1v) is 6.07. The summed E-state index contributed by atoms with van der Waals surface area (Å²) in [5.74, 6) is -0.184. The van der Waals surface area contributed by atoms with E-state index in [0.29, 0.717) is 0 Å². The molecule has 1 heterocycles. The molecule has 0 saturated carbocycles. The average Bonchev–Trinajstić information content (AvgIpc) is 2.82. The van der Waals surface area contributed by atoms with Gasteiger partial charge in [-0.25, -0.2) is 4.39 Å². The summed E-state index contributed by atoms with van der Waals surface area (Å²) in [6.45, 7) is 2.08. The van der Waals surface area contributed by atoms with Crippen LogP contribution in [0.5, 0.6) is 0 Å². The van der Waals surface area contributed by atoms with Gasteiger partial charge in [-0.3, -0.25) is 0 Å². The van der Waals surface area contributed by atoms with Crippen LogP contribution in [0.3, 0.4) is 0 Å². The van der Waals surface area contributed by atoms with Crippen LogP contribution in [0.1, 0.15) is 18.5 Å². The number of aromatic nitrogens is 1. The molecule has 2 heteroatoms. The van der Waals surface area contributed by atoms with Gasteiger partial charge in [0.1, 0.15) is 5.82 Å². The first-order valence-electron chi connectivity index (χ1n) is 6.07. The van der Waals surface area contributed by atoms with Crippen molar-refractivity contribution < 1.29 is 4.39 Å². The smallest absolute Gasteiger partial charge is 0.123 e. The van der Waals surface area contributed by atoms with Gasteiger partial charge in [-0.05, 0) is 42.1 Å². The van der Waals surface area contributed by atoms with E-state index in [2.05, 4.69) is 35.9 Å². The molecule has 3 aromatic rings. The average molecular weight is 239 g/mol. The molecule has 0 aliphatic rings. The van der Waals surface area contributed by atoms with E-state index < -0.39 is 0 Å². The lowest BCUT2D eigenvalue weighted by molar-refractivity contribution is 0.611. The van der Waals surface area contributed by atoms with Crippen LogP contribution in [0.15, 0.2) is 60.8 Å². The molecule has 0 fully saturated rings. The van der Waals surface area contributed by atoms with E-state index in [1.807, 2.05) is 18.2 Å². The van der Waals surface area contributed by atoms with Gasteiger partial charge in [-0.15, -0.1) is 0 Å². The second-order valence-corrected chi connectivity index (χ2v) is 4.51. The molecule has 0 aliphatic carbocycles. The third kappa shape index (κ3) is 1.80. The normalized spacial score (nSPS) is 12.8. The monoisotopic (exact) mass is 239 g/mol. The molecular weight excluding hydrogens is 225 g/mol. The van der Waals surface area contributed by atoms with Gasteiger partial charge in [-0.2, -0.15) is 0 Å². The molecule has 0 amide bonds. The molecule has 1 aromatic heterocycles. The minimum atomic E-state index is -0.184. The van der Waals surface area contributed by atoms with E-state index in [9.17, 15) is 4.39 Å². The number of benzene rings is 2. The van der Waals surface area contributed by atoms with Crippen LogP contribution in [0, 0.1) is 5.82 Å². The number of hydrogen-bond acceptors (Lipinski definition) is 0. The third-order valence-corrected chi connectivity index (χ3v) is 3.38. The summed E-state index contributed by atoms with van der Waals surface area (Å²) in [5, 5.41) is 1.21. The van der Waals surface area contributed by atoms with Crippen molar-refractivity contribution in [2.24, 2.45) is 0 Å². The van der Waals surface area contributed by atoms with E-state index in [-0.39, 0.29) is 11.9 Å². The fourth-order valence-electron chi connectivity index (χ4n) is 2.37. The van der Waals surface area contributed by atoms with Crippen LogP contribution in [-0.2, 0) is 0 Å². The fourth-order valence-corrected chi connectivity index (χ4v) is 2.37. The van der Waals surface area contributed by atoms with Crippen LogP contribution >= 0.6 is 0 Å². The largest absolute Gasteiger partial charge is 0.340 e. The summed E-state index contributed by atoms with van der Waals surface area (Å²) in [6, 6.07) is 17.2. The Hall–Kier alpha value is -2.09. The van der Waals surface area contributed by atoms with Crippen LogP contribution in [-0.4, -0.2) is 4.57 Å². The van der Waals surface area contributed by atoms with E-state index in [1.54, 1.807) is 12.1 Å². The van der Waals surface area contributed by atoms with Gasteiger partial charge in [-0.1, -0.05) is 30.3 Å². The summed E-state index contributed by atoms with van der Waals surface area (Å²) in [6.07, 6.45) is 2.06. The van der Waals surface area contributed by atoms with Gasteiger partial charge in [0.15, 0.2) is 0 Å². The predicted molar refractivity (Wildman–Crippen MR) is 72.2 cm³/mol. The van der Waals surface area contributed by atoms with Gasteiger partial charge < -0.3 is 4.57 Å². The van der Waals surface area contributed by atoms with Crippen LogP contribution in [0.4, 0.5) is 4.39 Å². The molecule has 0 aliphatic heterocycles. The highest BCUT2D eigenvalue weighted by Crippen LogP contribution is 2.24. The standard InChI is InChI=1S/C16H14FN/c1-12(14-6-4-7-15(17)11-14)18-10-9-13-5-2-3-8-16(13)18/h2-12H,1H3. The maximum absolute atomic E-state index is 13.3. The van der Waals surface area contributed by atoms with Gasteiger partial charge in [0.2, 0.25) is 0 Å². The van der Waals surface area contributed by atoms with Gasteiger partial charge in [0, 0.05) is 11.7 Å². The van der Waals surface area contributed by atoms with Crippen molar-refractivity contribution in [2.75, 3.05) is 0 Å². The number of fused-ring (bicyclic) bond motifs is 1. The summed E-state index contributed by atoms with van der Waals surface area (Å²) < 4.78 is 15.4. The highest BCUT2D eigenvalue weighted by Gasteiger charge is 2.10. The Morgan fingerprint density at radius 1 is 1.00 bits per heavy atom. The molecule has 0 N–H and O–H groups in total. The van der Waals surface area contributed by atoms with Crippen molar-refractivity contribution in [1.82, 2.24) is 4.57 Å². The Morgan fingerprint density at radius 2 is 1.83 bits per heavy atom. The van der Waals surface area contributed by atoms with Crippen LogP contribution in [0.25, 0.3) is 10.9 Å². The highest BCUT2D eigenvalue weighted by molar-refractivity contribution is 5.80. The molecule has 90 valence electrons. The molecular formula is C16H14FN. The zero-order chi connectivity index (χ0) is 12.5. The number of nitrogens with zero attached hydrogens (tertiary/aromatic N) is 1. The Labute approximate surface area is 105 Å². The number of hydrogen-bond donors (Lipinski definition) is 0. The molecule has 0 spiro atoms. The van der Waals surface area contributed by atoms with Gasteiger partial charge in [0.25, 0.3) is 0 Å². The number of rotatable bonds is 2. The Balaban J connectivity index is 2.09. The minimum absolute atomic E-state index is 0.126. The molecule has 3 rings (SSSR count). The summed E-state index contributed by atoms with van der Waals surface area (Å²) in [5.41, 5.74) is 2.16. The first-order chi connectivity index (χ1) is 8.75. The minimum Gasteiger partial charge on any atom is -0.340 e. The van der Waals surface area contributed by atoms with E-state index in [4.69, 9.17) is 0 Å². The summed E-state index contributed by atoms with van der Waals surface area (Å²) >= 11 is 0. The SMILES string of the molecule is CC(c1cccc(F)c1)n1ccc2ccccc21. The van der Waals surface area contributed by atoms with Crippen LogP contribution in [0.2, 0.25) is 0 Å². The van der Waals surface area contributed by atoms with Gasteiger partial charge in [0.05, 0.1) is 6.04 Å². The zero-order valence-electron chi connectivity index (χ0n) is 10.2. The molecule has 1 unspecified atom stereocenters. The van der Waals surface area contributed by atoms with E-state index in [1.165, 1.54) is 17.0 Å². The van der Waals surface area contributed by atoms with E-state index in [0.717, 1.165) is 5.56 Å². The van der Waals surface area contributed by atoms with Crippen molar-refractivity contribution in [2.45, 2.75) is 13.0 Å². The zero-order valence-corrected chi connectivity index (χ0v) is 10.2. The lowest BCUT2D eigenvalue weighted by Crippen LogP contribution is -2.05. The Kier molecular flexibility index (Phi) is 2.63. The van der Waals surface area contributed by atoms with Crippen molar-refractivity contribution >= 4 is 10.9 Å². The van der Waals surface area contributed by atoms with Gasteiger partial charge >= 0.3 is 0 Å². The predicted octanol–water partition coefficient (Wildman–Crippen LogP) is 4.39. The number of halogens is 1. The topological polar surface area (TPSA) is 4.93 Å². The summed E-state index contributed by atoms with van der Waals surface area (Å²) in [7, 11) is 0. The van der Waals surface area contributed by atoms with Crippen molar-refractivity contribution in [1.29, 1.82) is 0 Å². The highest BCUT2D eigenvalue weighted by atomic mass is 19.1. The molecule has 1 nitrogen and oxygen atoms in total. The maximum Gasteiger partial charge on any atom is 0.123 e. The Morgan fingerprint density at radius 3 is 2.67 bits per heavy atom. The number of para-hydroxylation sites is 1. The molecule has 0 radical (unpaired) electrons. The second-order valence-electron chi connectivity index (χ2n) is 4.51. The molecule has 0 saturated heterocycles. The molecule has 1 atom stereocenters. The van der Waals surface area contributed by atoms with Crippen molar-refractivity contribution in [3.8, 4) is 0 Å². The third-order valence-electron chi connectivity index (χ3n) is 3.38. The molecule has 2 aromatic carbocycles. The molecule has 18 heavy (non-hydrogen) atoms. The Bertz CT molecular complexity index is 684. The lowest BCUT2D eigenvalue weighted by atomic mass is 10.1. The first kappa shape index (κ1) is 11.0. The van der Waals surface area contributed by atoms with E-state index >= 15 is 0 Å². The molecule has 0 bridgehead atoms.